The molecule has 0 fully saturated rings. The molecule has 9 heteroatoms. The first kappa shape index (κ1) is 42.2. The number of nitrogens with zero attached hydrogens (tertiary/aromatic N) is 1. The first-order valence-corrected chi connectivity index (χ1v) is 19.0. The number of phosphoric acid groups is 1. The van der Waals surface area contributed by atoms with E-state index in [9.17, 15) is 19.4 Å². The van der Waals surface area contributed by atoms with Crippen LogP contribution in [0.5, 0.6) is 0 Å². The van der Waals surface area contributed by atoms with Gasteiger partial charge in [-0.1, -0.05) is 122 Å². The van der Waals surface area contributed by atoms with Crippen molar-refractivity contribution in [2.75, 3.05) is 40.9 Å². The molecule has 1 amide bonds. The lowest BCUT2D eigenvalue weighted by Crippen LogP contribution is -2.46. The fraction of sp³-hybridized carbons (Fsp3) is 0.912. The normalized spacial score (nSPS) is 15.0. The van der Waals surface area contributed by atoms with E-state index in [1.54, 1.807) is 0 Å². The largest absolute Gasteiger partial charge is 0.756 e. The minimum Gasteiger partial charge on any atom is -0.756 e. The van der Waals surface area contributed by atoms with Crippen LogP contribution in [0.25, 0.3) is 0 Å². The zero-order valence-electron chi connectivity index (χ0n) is 28.7. The van der Waals surface area contributed by atoms with E-state index >= 15 is 0 Å². The molecule has 0 spiro atoms. The standard InChI is InChI=1S/C34H69N2O6P/c1-6-8-10-12-14-16-18-19-21-23-25-27-33(37)32(31-42-43(39,40)41-30-29-36(3,4)5)35-34(38)28-26-24-22-20-17-15-13-11-9-7-2/h13,15,32-33,37H,6-12,14,16-31H2,1-5H3,(H-,35,38,39,40)/b15-13-. The quantitative estimate of drug-likeness (QED) is 0.0349. The van der Waals surface area contributed by atoms with Crippen molar-refractivity contribution in [3.63, 3.8) is 0 Å². The zero-order valence-corrected chi connectivity index (χ0v) is 29.6. The van der Waals surface area contributed by atoms with Crippen molar-refractivity contribution in [1.29, 1.82) is 0 Å². The molecule has 0 aliphatic heterocycles. The first-order valence-electron chi connectivity index (χ1n) is 17.5. The first-order chi connectivity index (χ1) is 20.5. The molecule has 0 heterocycles. The van der Waals surface area contributed by atoms with E-state index in [0.717, 1.165) is 57.8 Å². The Kier molecular flexibility index (Phi) is 27.1. The molecule has 0 aromatic carbocycles. The molecule has 8 nitrogen and oxygen atoms in total. The molecular weight excluding hydrogens is 563 g/mol. The Hall–Kier alpha value is -0.760. The van der Waals surface area contributed by atoms with Crippen LogP contribution in [0.3, 0.4) is 0 Å². The molecule has 0 bridgehead atoms. The maximum absolute atomic E-state index is 12.7. The van der Waals surface area contributed by atoms with Crippen LogP contribution in [0.15, 0.2) is 12.2 Å². The van der Waals surface area contributed by atoms with Crippen LogP contribution in [-0.2, 0) is 18.4 Å². The van der Waals surface area contributed by atoms with Crippen LogP contribution in [0.1, 0.15) is 149 Å². The predicted octanol–water partition coefficient (Wildman–Crippen LogP) is 7.83. The molecule has 3 atom stereocenters. The van der Waals surface area contributed by atoms with Gasteiger partial charge in [0.05, 0.1) is 39.9 Å². The van der Waals surface area contributed by atoms with Gasteiger partial charge in [0.1, 0.15) is 13.2 Å². The Morgan fingerprint density at radius 2 is 1.30 bits per heavy atom. The molecular formula is C34H69N2O6P. The highest BCUT2D eigenvalue weighted by molar-refractivity contribution is 7.45. The van der Waals surface area contributed by atoms with Crippen molar-refractivity contribution in [3.8, 4) is 0 Å². The Labute approximate surface area is 265 Å². The number of quaternary nitrogens is 1. The number of amides is 1. The van der Waals surface area contributed by atoms with E-state index in [4.69, 9.17) is 9.05 Å². The average Bonchev–Trinajstić information content (AvgIpc) is 2.94. The van der Waals surface area contributed by atoms with Crippen LogP contribution >= 0.6 is 7.82 Å². The number of unbranched alkanes of at least 4 members (excludes halogenated alkanes) is 16. The lowest BCUT2D eigenvalue weighted by Gasteiger charge is -2.30. The molecule has 0 radical (unpaired) electrons. The second kappa shape index (κ2) is 27.5. The smallest absolute Gasteiger partial charge is 0.268 e. The summed E-state index contributed by atoms with van der Waals surface area (Å²) in [5.41, 5.74) is 0. The number of nitrogens with one attached hydrogen (secondary N) is 1. The zero-order chi connectivity index (χ0) is 32.2. The number of aliphatic hydroxyl groups is 1. The van der Waals surface area contributed by atoms with Crippen molar-refractivity contribution < 1.29 is 32.9 Å². The van der Waals surface area contributed by atoms with Gasteiger partial charge < -0.3 is 28.8 Å². The SMILES string of the molecule is CCCC/C=C\CCCCCCC(=O)NC(COP(=O)([O-])OCC[N+](C)(C)C)C(O)CCCCCCCCCCCCC. The second-order valence-corrected chi connectivity index (χ2v) is 14.6. The molecule has 3 unspecified atom stereocenters. The highest BCUT2D eigenvalue weighted by Crippen LogP contribution is 2.38. The van der Waals surface area contributed by atoms with Crippen molar-refractivity contribution in [1.82, 2.24) is 5.32 Å². The number of phosphoric ester groups is 1. The highest BCUT2D eigenvalue weighted by atomic mass is 31.2. The summed E-state index contributed by atoms with van der Waals surface area (Å²) in [7, 11) is 1.29. The van der Waals surface area contributed by atoms with Gasteiger partial charge in [-0.15, -0.1) is 0 Å². The number of rotatable bonds is 31. The number of hydrogen-bond acceptors (Lipinski definition) is 6. The summed E-state index contributed by atoms with van der Waals surface area (Å²) in [6.07, 6.45) is 26.4. The fourth-order valence-corrected chi connectivity index (χ4v) is 5.56. The number of carbonyl (C=O) groups excluding carboxylic acids is 1. The summed E-state index contributed by atoms with van der Waals surface area (Å²) in [6, 6.07) is -0.798. The minimum absolute atomic E-state index is 0.0110. The summed E-state index contributed by atoms with van der Waals surface area (Å²) in [4.78, 5) is 25.0. The fourth-order valence-electron chi connectivity index (χ4n) is 4.84. The van der Waals surface area contributed by atoms with Crippen molar-refractivity contribution >= 4 is 13.7 Å². The molecule has 256 valence electrons. The van der Waals surface area contributed by atoms with Gasteiger partial charge in [0.15, 0.2) is 0 Å². The lowest BCUT2D eigenvalue weighted by molar-refractivity contribution is -0.870. The van der Waals surface area contributed by atoms with E-state index in [1.807, 2.05) is 21.1 Å². The van der Waals surface area contributed by atoms with E-state index in [-0.39, 0.29) is 19.1 Å². The predicted molar refractivity (Wildman–Crippen MR) is 178 cm³/mol. The average molecular weight is 633 g/mol. The van der Waals surface area contributed by atoms with Gasteiger partial charge in [-0.05, 0) is 32.1 Å². The Balaban J connectivity index is 4.55. The van der Waals surface area contributed by atoms with Crippen LogP contribution in [0, 0.1) is 0 Å². The molecule has 2 N–H and O–H groups in total. The molecule has 0 saturated carbocycles. The summed E-state index contributed by atoms with van der Waals surface area (Å²) in [6.45, 7) is 4.62. The topological polar surface area (TPSA) is 108 Å². The maximum atomic E-state index is 12.7. The van der Waals surface area contributed by atoms with E-state index < -0.39 is 20.0 Å². The molecule has 0 aliphatic rings. The molecule has 43 heavy (non-hydrogen) atoms. The Bertz CT molecular complexity index is 728. The van der Waals surface area contributed by atoms with Gasteiger partial charge in [-0.2, -0.15) is 0 Å². The second-order valence-electron chi connectivity index (χ2n) is 13.2. The minimum atomic E-state index is -4.55. The highest BCUT2D eigenvalue weighted by Gasteiger charge is 2.24. The summed E-state index contributed by atoms with van der Waals surface area (Å²) >= 11 is 0. The molecule has 0 aromatic rings. The van der Waals surface area contributed by atoms with Crippen LogP contribution in [0.2, 0.25) is 0 Å². The van der Waals surface area contributed by atoms with Gasteiger partial charge in [-0.3, -0.25) is 9.36 Å². The van der Waals surface area contributed by atoms with Gasteiger partial charge in [-0.25, -0.2) is 0 Å². The lowest BCUT2D eigenvalue weighted by atomic mass is 10.0. The number of allylic oxidation sites excluding steroid dienone is 2. The van der Waals surface area contributed by atoms with E-state index in [1.165, 1.54) is 64.2 Å². The molecule has 0 aromatic heterocycles. The maximum Gasteiger partial charge on any atom is 0.268 e. The molecule has 0 saturated heterocycles. The van der Waals surface area contributed by atoms with Crippen molar-refractivity contribution in [3.05, 3.63) is 12.2 Å². The van der Waals surface area contributed by atoms with Gasteiger partial charge in [0, 0.05) is 6.42 Å². The summed E-state index contributed by atoms with van der Waals surface area (Å²) < 4.78 is 23.0. The van der Waals surface area contributed by atoms with Gasteiger partial charge in [0.2, 0.25) is 5.91 Å². The van der Waals surface area contributed by atoms with Gasteiger partial charge in [0.25, 0.3) is 7.82 Å². The van der Waals surface area contributed by atoms with Crippen molar-refractivity contribution in [2.45, 2.75) is 161 Å². The third-order valence-electron chi connectivity index (χ3n) is 7.75. The monoisotopic (exact) mass is 632 g/mol. The molecule has 0 rings (SSSR count). The van der Waals surface area contributed by atoms with Crippen LogP contribution in [-0.4, -0.2) is 68.5 Å². The summed E-state index contributed by atoms with van der Waals surface area (Å²) in [5, 5.41) is 13.7. The van der Waals surface area contributed by atoms with Crippen LogP contribution in [0.4, 0.5) is 0 Å². The van der Waals surface area contributed by atoms with Gasteiger partial charge >= 0.3 is 0 Å². The van der Waals surface area contributed by atoms with E-state index in [0.29, 0.717) is 23.9 Å². The van der Waals surface area contributed by atoms with Crippen LogP contribution < -0.4 is 10.2 Å². The molecule has 0 aliphatic carbocycles. The van der Waals surface area contributed by atoms with Crippen molar-refractivity contribution in [2.24, 2.45) is 0 Å². The Morgan fingerprint density at radius 3 is 1.88 bits per heavy atom. The number of likely N-dealkylation sites (N-methyl/N-ethyl adjacent to an activating group) is 1. The third-order valence-corrected chi connectivity index (χ3v) is 8.72. The third kappa shape index (κ3) is 29.7. The summed E-state index contributed by atoms with van der Waals surface area (Å²) in [5.74, 6) is -0.183. The number of hydrogen-bond donors (Lipinski definition) is 2. The Morgan fingerprint density at radius 1 is 0.791 bits per heavy atom. The van der Waals surface area contributed by atoms with E-state index in [2.05, 4.69) is 31.3 Å². The number of carbonyl (C=O) groups is 1. The number of aliphatic hydroxyl groups excluding tert-OH is 1.